The fourth-order valence-corrected chi connectivity index (χ4v) is 1.45. The molecule has 0 aromatic rings. The van der Waals surface area contributed by atoms with E-state index in [2.05, 4.69) is 38.2 Å². The van der Waals surface area contributed by atoms with E-state index in [1.54, 1.807) is 0 Å². The van der Waals surface area contributed by atoms with E-state index < -0.39 is 0 Å². The highest BCUT2D eigenvalue weighted by Gasteiger charge is 2.31. The maximum absolute atomic E-state index is 3.41. The fraction of sp³-hybridized carbons (Fsp3) is 0.800. The molecule has 1 aliphatic heterocycles. The van der Waals surface area contributed by atoms with Gasteiger partial charge in [-0.15, -0.1) is 0 Å². The molecule has 3 atom stereocenters. The summed E-state index contributed by atoms with van der Waals surface area (Å²) in [6, 6.07) is 1.60. The lowest BCUT2D eigenvalue weighted by molar-refractivity contribution is 0.530. The van der Waals surface area contributed by atoms with Crippen LogP contribution in [-0.2, 0) is 0 Å². The molecule has 1 aliphatic rings. The van der Waals surface area contributed by atoms with Crippen LogP contribution in [0.4, 0.5) is 0 Å². The Kier molecular flexibility index (Phi) is 3.13. The molecule has 0 aliphatic carbocycles. The van der Waals surface area contributed by atoms with Gasteiger partial charge in [-0.05, 0) is 32.6 Å². The van der Waals surface area contributed by atoms with Gasteiger partial charge in [-0.2, -0.15) is 0 Å². The first-order valence-corrected chi connectivity index (χ1v) is 4.61. The van der Waals surface area contributed by atoms with Gasteiger partial charge in [0.05, 0.1) is 0 Å². The first-order valence-electron chi connectivity index (χ1n) is 4.61. The van der Waals surface area contributed by atoms with Crippen molar-refractivity contribution in [3.05, 3.63) is 12.2 Å². The van der Waals surface area contributed by atoms with Crippen molar-refractivity contribution in [3.8, 4) is 0 Å². The van der Waals surface area contributed by atoms with Gasteiger partial charge in [-0.1, -0.05) is 19.1 Å². The molecule has 1 nitrogen and oxygen atoms in total. The van der Waals surface area contributed by atoms with Gasteiger partial charge in [0.2, 0.25) is 0 Å². The topological polar surface area (TPSA) is 21.9 Å². The quantitative estimate of drug-likeness (QED) is 0.486. The van der Waals surface area contributed by atoms with Crippen molar-refractivity contribution in [2.45, 2.75) is 45.7 Å². The molecule has 1 fully saturated rings. The Morgan fingerprint density at radius 2 is 2.18 bits per heavy atom. The van der Waals surface area contributed by atoms with Crippen LogP contribution in [0.15, 0.2) is 12.2 Å². The predicted molar refractivity (Wildman–Crippen MR) is 49.6 cm³/mol. The minimum Gasteiger partial charge on any atom is -0.308 e. The van der Waals surface area contributed by atoms with Gasteiger partial charge < -0.3 is 5.32 Å². The van der Waals surface area contributed by atoms with Crippen molar-refractivity contribution in [2.75, 3.05) is 0 Å². The van der Waals surface area contributed by atoms with E-state index >= 15 is 0 Å². The molecule has 0 spiro atoms. The van der Waals surface area contributed by atoms with Crippen molar-refractivity contribution in [3.63, 3.8) is 0 Å². The van der Waals surface area contributed by atoms with Crippen molar-refractivity contribution < 1.29 is 0 Å². The monoisotopic (exact) mass is 153 g/mol. The summed E-state index contributed by atoms with van der Waals surface area (Å²) in [5.41, 5.74) is 0. The molecule has 1 rings (SSSR count). The molecule has 11 heavy (non-hydrogen) atoms. The van der Waals surface area contributed by atoms with E-state index in [0.29, 0.717) is 0 Å². The summed E-state index contributed by atoms with van der Waals surface area (Å²) in [5, 5.41) is 3.41. The summed E-state index contributed by atoms with van der Waals surface area (Å²) < 4.78 is 0. The summed E-state index contributed by atoms with van der Waals surface area (Å²) in [7, 11) is 0. The largest absolute Gasteiger partial charge is 0.308 e. The van der Waals surface area contributed by atoms with Gasteiger partial charge in [0.15, 0.2) is 0 Å². The van der Waals surface area contributed by atoms with Crippen LogP contribution in [0.1, 0.15) is 33.6 Å². The third-order valence-electron chi connectivity index (χ3n) is 2.40. The van der Waals surface area contributed by atoms with Gasteiger partial charge in [0.25, 0.3) is 0 Å². The highest BCUT2D eigenvalue weighted by molar-refractivity contribution is 4.95. The lowest BCUT2D eigenvalue weighted by Crippen LogP contribution is -2.01. The zero-order valence-corrected chi connectivity index (χ0v) is 7.80. The van der Waals surface area contributed by atoms with Crippen LogP contribution < -0.4 is 5.32 Å². The Morgan fingerprint density at radius 3 is 2.64 bits per heavy atom. The molecule has 0 radical (unpaired) electrons. The van der Waals surface area contributed by atoms with Gasteiger partial charge >= 0.3 is 0 Å². The van der Waals surface area contributed by atoms with Crippen molar-refractivity contribution in [2.24, 2.45) is 5.92 Å². The van der Waals surface area contributed by atoms with Crippen molar-refractivity contribution in [1.82, 2.24) is 5.32 Å². The average molecular weight is 153 g/mol. The number of hydrogen-bond donors (Lipinski definition) is 1. The maximum atomic E-state index is 3.41. The molecule has 1 heterocycles. The van der Waals surface area contributed by atoms with Crippen LogP contribution in [0.2, 0.25) is 0 Å². The van der Waals surface area contributed by atoms with E-state index in [1.807, 2.05) is 0 Å². The molecule has 0 amide bonds. The molecule has 0 saturated carbocycles. The van der Waals surface area contributed by atoms with Gasteiger partial charge in [0, 0.05) is 12.1 Å². The zero-order chi connectivity index (χ0) is 8.27. The van der Waals surface area contributed by atoms with Gasteiger partial charge in [-0.25, -0.2) is 0 Å². The standard InChI is InChI=1S/C10H19N/c1-4-5-6-8(2)7-10-9(3)11-10/h4-5,8-11H,6-7H2,1-3H3/b5-4-. The third kappa shape index (κ3) is 3.06. The van der Waals surface area contributed by atoms with E-state index in [0.717, 1.165) is 18.0 Å². The Morgan fingerprint density at radius 1 is 1.55 bits per heavy atom. The van der Waals surface area contributed by atoms with E-state index in [4.69, 9.17) is 0 Å². The highest BCUT2D eigenvalue weighted by Crippen LogP contribution is 2.21. The Bertz CT molecular complexity index is 140. The molecule has 1 N–H and O–H groups in total. The Hall–Kier alpha value is -0.300. The van der Waals surface area contributed by atoms with Gasteiger partial charge in [-0.3, -0.25) is 0 Å². The van der Waals surface area contributed by atoms with E-state index in [9.17, 15) is 0 Å². The molecule has 1 saturated heterocycles. The number of hydrogen-bond acceptors (Lipinski definition) is 1. The lowest BCUT2D eigenvalue weighted by Gasteiger charge is -2.05. The van der Waals surface area contributed by atoms with Crippen LogP contribution in [0.25, 0.3) is 0 Å². The molecular formula is C10H19N. The minimum atomic E-state index is 0.781. The highest BCUT2D eigenvalue weighted by atomic mass is 15.1. The molecule has 0 aromatic carbocycles. The number of rotatable bonds is 4. The van der Waals surface area contributed by atoms with Crippen molar-refractivity contribution in [1.29, 1.82) is 0 Å². The predicted octanol–water partition coefficient (Wildman–Crippen LogP) is 2.34. The summed E-state index contributed by atoms with van der Waals surface area (Å²) in [5.74, 6) is 0.841. The molecule has 0 aromatic heterocycles. The van der Waals surface area contributed by atoms with E-state index in [1.165, 1.54) is 12.8 Å². The second kappa shape index (κ2) is 3.91. The smallest absolute Gasteiger partial charge is 0.0224 e. The number of nitrogens with one attached hydrogen (secondary N) is 1. The summed E-state index contributed by atoms with van der Waals surface area (Å²) in [4.78, 5) is 0. The first kappa shape index (κ1) is 8.79. The van der Waals surface area contributed by atoms with Crippen molar-refractivity contribution >= 4 is 0 Å². The van der Waals surface area contributed by atoms with Crippen LogP contribution in [0, 0.1) is 5.92 Å². The molecule has 1 heteroatoms. The average Bonchev–Trinajstić information content (AvgIpc) is 2.62. The first-order chi connectivity index (χ1) is 5.24. The second-order valence-electron chi connectivity index (χ2n) is 3.71. The summed E-state index contributed by atoms with van der Waals surface area (Å²) in [6.45, 7) is 6.67. The SMILES string of the molecule is C/C=C\CC(C)CC1NC1C. The number of allylic oxidation sites excluding steroid dienone is 2. The Labute approximate surface area is 69.9 Å². The lowest BCUT2D eigenvalue weighted by atomic mass is 10.0. The van der Waals surface area contributed by atoms with E-state index in [-0.39, 0.29) is 0 Å². The fourth-order valence-electron chi connectivity index (χ4n) is 1.45. The summed E-state index contributed by atoms with van der Waals surface area (Å²) >= 11 is 0. The van der Waals surface area contributed by atoms with Crippen LogP contribution in [-0.4, -0.2) is 12.1 Å². The third-order valence-corrected chi connectivity index (χ3v) is 2.40. The van der Waals surface area contributed by atoms with Crippen LogP contribution in [0.3, 0.4) is 0 Å². The molecular weight excluding hydrogens is 134 g/mol. The summed E-state index contributed by atoms with van der Waals surface area (Å²) in [6.07, 6.45) is 6.98. The molecule has 0 bridgehead atoms. The second-order valence-corrected chi connectivity index (χ2v) is 3.71. The molecule has 3 unspecified atom stereocenters. The van der Waals surface area contributed by atoms with Crippen LogP contribution >= 0.6 is 0 Å². The Balaban J connectivity index is 2.06. The minimum absolute atomic E-state index is 0.781. The zero-order valence-electron chi connectivity index (χ0n) is 7.80. The maximum Gasteiger partial charge on any atom is 0.0224 e. The normalized spacial score (nSPS) is 32.6. The van der Waals surface area contributed by atoms with Gasteiger partial charge in [0.1, 0.15) is 0 Å². The van der Waals surface area contributed by atoms with Crippen LogP contribution in [0.5, 0.6) is 0 Å². The molecule has 64 valence electrons.